The van der Waals surface area contributed by atoms with Crippen molar-refractivity contribution < 1.29 is 83.5 Å². The van der Waals surface area contributed by atoms with Gasteiger partial charge in [-0.05, 0) is 87.6 Å². The molecule has 9 atom stereocenters. The molecule has 1 saturated heterocycles. The number of nitrogens with one attached hydrogen (secondary N) is 4. The van der Waals surface area contributed by atoms with Gasteiger partial charge in [-0.15, -0.1) is 0 Å². The van der Waals surface area contributed by atoms with Crippen LogP contribution < -0.4 is 36.7 Å². The first-order valence-corrected chi connectivity index (χ1v) is 26.8. The minimum atomic E-state index is -3.51. The number of benzene rings is 3. The molecule has 0 bridgehead atoms. The number of rotatable bonds is 26. The van der Waals surface area contributed by atoms with Crippen LogP contribution in [0.15, 0.2) is 99.6 Å². The van der Waals surface area contributed by atoms with Gasteiger partial charge >= 0.3 is 11.9 Å². The molecular weight excluding hydrogens is 1070 g/mol. The summed E-state index contributed by atoms with van der Waals surface area (Å²) in [6, 6.07) is 13.5. The average Bonchev–Trinajstić information content (AvgIpc) is 0.976. The molecule has 0 radical (unpaired) electrons. The maximum Gasteiger partial charge on any atom is 0.337 e. The number of aromatic hydroxyl groups is 1. The SMILES string of the molecule is Cc1cc(C)cc(-c2c3[nH]ccc3cn2O[C@@H]2[C@@H](Oc3ccc4c(=O)c(-c5ccc(O)cc5)coc4c3)O[C@@H]([C@](CO)(NC(N)=N[C@H](C=O)CNC3CCCCC3)OC(=O)[C@H](NCCC=O)C(=O)O)[C@@](O)(CO)[C@]2(O)[C@H](O)CCCO)c1. The topological polar surface area (TPSA) is 392 Å². The highest BCUT2D eigenvalue weighted by molar-refractivity contribution is 5.98. The molecule has 1 aliphatic carbocycles. The highest BCUT2D eigenvalue weighted by Gasteiger charge is 2.75. The molecule has 1 saturated carbocycles. The van der Waals surface area contributed by atoms with Gasteiger partial charge in [0.05, 0.1) is 35.4 Å². The van der Waals surface area contributed by atoms with E-state index in [-0.39, 0.29) is 60.0 Å². The van der Waals surface area contributed by atoms with Crippen molar-refractivity contribution in [1.29, 1.82) is 0 Å². The number of aromatic nitrogens is 2. The number of hydrogen-bond donors (Lipinski definition) is 13. The Morgan fingerprint density at radius 2 is 1.73 bits per heavy atom. The van der Waals surface area contributed by atoms with Crippen LogP contribution in [0.4, 0.5) is 0 Å². The smallest absolute Gasteiger partial charge is 0.337 e. The van der Waals surface area contributed by atoms with Crippen molar-refractivity contribution in [3.8, 4) is 33.9 Å². The van der Waals surface area contributed by atoms with E-state index in [1.165, 1.54) is 59.7 Å². The number of nitrogens with zero attached hydrogens (tertiary/aromatic N) is 2. The molecule has 14 N–H and O–H groups in total. The number of carbonyl (C=O) groups excluding carboxylic acids is 3. The summed E-state index contributed by atoms with van der Waals surface area (Å²) in [7, 11) is 0. The Morgan fingerprint density at radius 3 is 2.39 bits per heavy atom. The second-order valence-electron chi connectivity index (χ2n) is 20.7. The van der Waals surface area contributed by atoms with E-state index in [4.69, 9.17) is 29.2 Å². The van der Waals surface area contributed by atoms with E-state index in [0.717, 1.165) is 43.2 Å². The monoisotopic (exact) mass is 1140 g/mol. The number of carbonyl (C=O) groups is 4. The predicted octanol–water partition coefficient (Wildman–Crippen LogP) is 1.18. The summed E-state index contributed by atoms with van der Waals surface area (Å²) in [5, 5.41) is 102. The molecule has 25 heteroatoms. The minimum Gasteiger partial charge on any atom is -0.508 e. The molecule has 440 valence electrons. The normalized spacial score (nSPS) is 22.4. The summed E-state index contributed by atoms with van der Waals surface area (Å²) in [5.41, 5.74) is -0.546. The first-order chi connectivity index (χ1) is 39.3. The van der Waals surface area contributed by atoms with Gasteiger partial charge in [-0.1, -0.05) is 48.6 Å². The number of carboxylic acid groups (broad SMARTS) is 1. The maximum atomic E-state index is 14.4. The van der Waals surface area contributed by atoms with Crippen LogP contribution in [0.1, 0.15) is 62.5 Å². The van der Waals surface area contributed by atoms with E-state index in [9.17, 15) is 64.8 Å². The van der Waals surface area contributed by atoms with Gasteiger partial charge in [0.2, 0.25) is 24.2 Å². The second kappa shape index (κ2) is 26.0. The van der Waals surface area contributed by atoms with E-state index in [0.29, 0.717) is 40.3 Å². The van der Waals surface area contributed by atoms with E-state index < -0.39 is 103 Å². The van der Waals surface area contributed by atoms with Crippen molar-refractivity contribution in [2.45, 2.75) is 125 Å². The Hall–Kier alpha value is -7.72. The third-order valence-corrected chi connectivity index (χ3v) is 14.9. The number of guanidine groups is 1. The van der Waals surface area contributed by atoms with Gasteiger partial charge in [-0.3, -0.25) is 10.1 Å². The Balaban J connectivity index is 1.33. The van der Waals surface area contributed by atoms with Gasteiger partial charge in [-0.2, -0.15) is 4.73 Å². The van der Waals surface area contributed by atoms with E-state index >= 15 is 0 Å². The highest BCUT2D eigenvalue weighted by atomic mass is 16.8. The van der Waals surface area contributed by atoms with Crippen LogP contribution in [0.5, 0.6) is 11.5 Å². The molecule has 6 aromatic rings. The van der Waals surface area contributed by atoms with Crippen LogP contribution in [-0.4, -0.2) is 174 Å². The number of aliphatic carboxylic acids is 1. The molecule has 0 amide bonds. The van der Waals surface area contributed by atoms with Crippen LogP contribution in [-0.2, 0) is 28.7 Å². The zero-order valence-electron chi connectivity index (χ0n) is 45.1. The Bertz CT molecular complexity index is 3280. The van der Waals surface area contributed by atoms with E-state index in [1.54, 1.807) is 12.3 Å². The number of nitrogens with two attached hydrogens (primary N) is 1. The highest BCUT2D eigenvalue weighted by Crippen LogP contribution is 2.47. The third-order valence-electron chi connectivity index (χ3n) is 14.9. The lowest BCUT2D eigenvalue weighted by Crippen LogP contribution is -2.86. The summed E-state index contributed by atoms with van der Waals surface area (Å²) >= 11 is 0. The Morgan fingerprint density at radius 1 is 1.00 bits per heavy atom. The molecule has 0 unspecified atom stereocenters. The number of hydrogen-bond acceptors (Lipinski definition) is 20. The van der Waals surface area contributed by atoms with Crippen LogP contribution in [0.2, 0.25) is 0 Å². The lowest BCUT2D eigenvalue weighted by atomic mass is 9.66. The first-order valence-electron chi connectivity index (χ1n) is 26.8. The molecule has 8 rings (SSSR count). The quantitative estimate of drug-likeness (QED) is 0.00690. The van der Waals surface area contributed by atoms with Crippen LogP contribution in [0.3, 0.4) is 0 Å². The van der Waals surface area contributed by atoms with Crippen molar-refractivity contribution in [3.05, 3.63) is 107 Å². The lowest BCUT2D eigenvalue weighted by molar-refractivity contribution is -0.400. The van der Waals surface area contributed by atoms with Gasteiger partial charge in [0.1, 0.15) is 54.3 Å². The maximum absolute atomic E-state index is 14.4. The number of aromatic amines is 1. The molecule has 3 aromatic heterocycles. The van der Waals surface area contributed by atoms with Crippen molar-refractivity contribution in [1.82, 2.24) is 25.7 Å². The number of aliphatic hydroxyl groups excluding tert-OH is 4. The molecule has 82 heavy (non-hydrogen) atoms. The number of esters is 1. The van der Waals surface area contributed by atoms with E-state index in [1.807, 2.05) is 32.0 Å². The number of H-pyrrole nitrogens is 1. The predicted molar refractivity (Wildman–Crippen MR) is 295 cm³/mol. The van der Waals surface area contributed by atoms with Crippen molar-refractivity contribution in [2.24, 2.45) is 10.7 Å². The van der Waals surface area contributed by atoms with Crippen LogP contribution in [0, 0.1) is 13.8 Å². The Kier molecular flexibility index (Phi) is 19.2. The standard InChI is InChI=1S/C57H69N7O18/c1-32-22-33(2)24-36(23-32)47-45-35(17-19-60-45)27-64(47)82-49-52(79-40-15-16-41-43(25-40)78-29-42(48(41)72)34-11-13-39(70)14-12-34)80-53(55(76,30-68)57(49,77)44(71)10-6-20-65)56(31-69,81-51(75)46(50(73)74)59-18-7-21-66)63-54(58)62-38(28-67)26-61-37-8-4-3-5-9-37/h11-17,19,21-25,27-29,37-38,44,46,49,52-53,59-61,65,68-71,76-77H,3-10,18,20,26,30-31H2,1-2H3,(H,73,74)(H3,58,62,63)/t38-,44+,46+,49+,52-,53+,55-,56+,57-/m0/s1. The van der Waals surface area contributed by atoms with Gasteiger partial charge in [0.15, 0.2) is 28.7 Å². The second-order valence-corrected chi connectivity index (χ2v) is 20.7. The van der Waals surface area contributed by atoms with Crippen LogP contribution >= 0.6 is 0 Å². The number of ether oxygens (including phenoxy) is 3. The van der Waals surface area contributed by atoms with Crippen molar-refractivity contribution >= 4 is 52.3 Å². The molecule has 2 fully saturated rings. The molecule has 1 aliphatic heterocycles. The number of carboxylic acids is 1. The first kappa shape index (κ1) is 60.4. The molecule has 2 aliphatic rings. The molecule has 4 heterocycles. The number of phenols is 1. The zero-order chi connectivity index (χ0) is 58.9. The molecule has 3 aromatic carbocycles. The third kappa shape index (κ3) is 12.5. The number of aliphatic imine (C=N–C) groups is 1. The fourth-order valence-corrected chi connectivity index (χ4v) is 10.9. The molecule has 25 nitrogen and oxygen atoms in total. The summed E-state index contributed by atoms with van der Waals surface area (Å²) in [4.78, 5) is 79.2. The fourth-order valence-electron chi connectivity index (χ4n) is 10.9. The van der Waals surface area contributed by atoms with Gasteiger partial charge in [0.25, 0.3) is 0 Å². The van der Waals surface area contributed by atoms with Gasteiger partial charge in [0, 0.05) is 55.4 Å². The van der Waals surface area contributed by atoms with E-state index in [2.05, 4.69) is 25.9 Å². The zero-order valence-corrected chi connectivity index (χ0v) is 45.1. The lowest BCUT2D eigenvalue weighted by Gasteiger charge is -2.59. The fraction of sp³-hybridized carbons (Fsp3) is 0.439. The van der Waals surface area contributed by atoms with Gasteiger partial charge < -0.3 is 95.3 Å². The Labute approximate surface area is 469 Å². The largest absolute Gasteiger partial charge is 0.508 e. The summed E-state index contributed by atoms with van der Waals surface area (Å²) in [6.45, 7) is -0.559. The number of aldehydes is 2. The summed E-state index contributed by atoms with van der Waals surface area (Å²) in [5.74, 6) is -4.64. The summed E-state index contributed by atoms with van der Waals surface area (Å²) < 4.78 is 26.2. The molecule has 0 spiro atoms. The summed E-state index contributed by atoms with van der Waals surface area (Å²) in [6.07, 6.45) is -0.840. The van der Waals surface area contributed by atoms with Crippen LogP contribution in [0.25, 0.3) is 44.3 Å². The average molecular weight is 1140 g/mol. The van der Waals surface area contributed by atoms with Crippen molar-refractivity contribution in [3.63, 3.8) is 0 Å². The van der Waals surface area contributed by atoms with Gasteiger partial charge in [-0.25, -0.2) is 14.6 Å². The number of phenolic OH excluding ortho intramolecular Hbond substituents is 1. The molecular formula is C57H69N7O18. The van der Waals surface area contributed by atoms with Crippen molar-refractivity contribution in [2.75, 3.05) is 32.9 Å². The number of aliphatic hydroxyl groups is 6. The number of aryl methyl sites for hydroxylation is 2. The number of fused-ring (bicyclic) bond motifs is 2. The minimum absolute atomic E-state index is 0.0360.